The van der Waals surface area contributed by atoms with Crippen molar-refractivity contribution in [1.82, 2.24) is 34.0 Å². The number of rotatable bonds is 3. The number of anilines is 1. The first kappa shape index (κ1) is 17.3. The molecule has 0 aromatic carbocycles. The average Bonchev–Trinajstić information content (AvgIpc) is 3.26. The van der Waals surface area contributed by atoms with Gasteiger partial charge in [0.25, 0.3) is 5.56 Å². The Bertz CT molecular complexity index is 1220. The Hall–Kier alpha value is -2.85. The lowest BCUT2D eigenvalue weighted by molar-refractivity contribution is 0.247. The summed E-state index contributed by atoms with van der Waals surface area (Å²) in [7, 11) is 1.89. The minimum absolute atomic E-state index is 0.00246. The lowest BCUT2D eigenvalue weighted by atomic mass is 10.2. The molecule has 0 amide bonds. The zero-order chi connectivity index (χ0) is 19.3. The van der Waals surface area contributed by atoms with E-state index in [0.717, 1.165) is 59.4 Å². The first-order valence-corrected chi connectivity index (χ1v) is 10.0. The molecule has 0 bridgehead atoms. The highest BCUT2D eigenvalue weighted by Crippen LogP contribution is 2.23. The third-order valence-electron chi connectivity index (χ3n) is 5.19. The van der Waals surface area contributed by atoms with Crippen LogP contribution in [0, 0.1) is 6.92 Å². The average molecular weight is 396 g/mol. The summed E-state index contributed by atoms with van der Waals surface area (Å²) in [6, 6.07) is 1.66. The van der Waals surface area contributed by atoms with E-state index < -0.39 is 0 Å². The molecular weight excluding hydrogens is 376 g/mol. The molecule has 1 aliphatic heterocycles. The number of aromatic nitrogens is 6. The quantitative estimate of drug-likeness (QED) is 0.512. The van der Waals surface area contributed by atoms with Gasteiger partial charge in [0, 0.05) is 56.9 Å². The Kier molecular flexibility index (Phi) is 4.09. The van der Waals surface area contributed by atoms with E-state index >= 15 is 0 Å². The van der Waals surface area contributed by atoms with E-state index in [9.17, 15) is 4.79 Å². The number of hydrogen-bond donors (Lipinski definition) is 0. The zero-order valence-electron chi connectivity index (χ0n) is 15.7. The molecule has 5 rings (SSSR count). The standard InChI is InChI=1S/C18H20N8OS/c1-12-10-28-18-22-13(7-15(27)26(12)18)9-24-3-5-25(6-4-24)17-14-8-21-23(2)16(14)19-11-20-17/h7-8,10-11H,3-6,9H2,1-2H3. The van der Waals surface area contributed by atoms with Gasteiger partial charge < -0.3 is 4.90 Å². The molecule has 10 heteroatoms. The van der Waals surface area contributed by atoms with Gasteiger partial charge in [-0.3, -0.25) is 18.8 Å². The highest BCUT2D eigenvalue weighted by molar-refractivity contribution is 7.15. The number of piperazine rings is 1. The Labute approximate surface area is 164 Å². The Morgan fingerprint density at radius 3 is 2.82 bits per heavy atom. The molecule has 1 aliphatic rings. The van der Waals surface area contributed by atoms with Crippen molar-refractivity contribution in [3.63, 3.8) is 0 Å². The predicted molar refractivity (Wildman–Crippen MR) is 108 cm³/mol. The van der Waals surface area contributed by atoms with E-state index in [2.05, 4.69) is 29.9 Å². The van der Waals surface area contributed by atoms with Gasteiger partial charge in [0.15, 0.2) is 10.6 Å². The van der Waals surface area contributed by atoms with Crippen molar-refractivity contribution in [1.29, 1.82) is 0 Å². The number of fused-ring (bicyclic) bond motifs is 2. The van der Waals surface area contributed by atoms with Gasteiger partial charge in [-0.25, -0.2) is 15.0 Å². The van der Waals surface area contributed by atoms with Crippen LogP contribution in [-0.4, -0.2) is 60.2 Å². The van der Waals surface area contributed by atoms with Crippen LogP contribution in [0.2, 0.25) is 0 Å². The van der Waals surface area contributed by atoms with E-state index in [4.69, 9.17) is 0 Å². The molecule has 4 aromatic heterocycles. The van der Waals surface area contributed by atoms with E-state index in [1.807, 2.05) is 25.5 Å². The van der Waals surface area contributed by atoms with Crippen molar-refractivity contribution in [2.45, 2.75) is 13.5 Å². The van der Waals surface area contributed by atoms with Gasteiger partial charge >= 0.3 is 0 Å². The van der Waals surface area contributed by atoms with Crippen molar-refractivity contribution in [2.24, 2.45) is 7.05 Å². The molecule has 0 atom stereocenters. The summed E-state index contributed by atoms with van der Waals surface area (Å²) in [5, 5.41) is 7.24. The zero-order valence-corrected chi connectivity index (χ0v) is 16.6. The summed E-state index contributed by atoms with van der Waals surface area (Å²) < 4.78 is 3.43. The first-order chi connectivity index (χ1) is 13.6. The summed E-state index contributed by atoms with van der Waals surface area (Å²) in [6.45, 7) is 6.10. The van der Waals surface area contributed by atoms with E-state index in [-0.39, 0.29) is 5.56 Å². The predicted octanol–water partition coefficient (Wildman–Crippen LogP) is 1.06. The van der Waals surface area contributed by atoms with Crippen LogP contribution in [0.4, 0.5) is 5.82 Å². The van der Waals surface area contributed by atoms with Crippen molar-refractivity contribution in [3.05, 3.63) is 45.7 Å². The van der Waals surface area contributed by atoms with Crippen LogP contribution in [0.3, 0.4) is 0 Å². The molecule has 0 radical (unpaired) electrons. The molecule has 5 heterocycles. The van der Waals surface area contributed by atoms with Gasteiger partial charge in [0.2, 0.25) is 0 Å². The summed E-state index contributed by atoms with van der Waals surface area (Å²) in [6.07, 6.45) is 3.42. The normalized spacial score (nSPS) is 15.7. The van der Waals surface area contributed by atoms with Gasteiger partial charge in [-0.05, 0) is 6.92 Å². The van der Waals surface area contributed by atoms with Crippen molar-refractivity contribution in [3.8, 4) is 0 Å². The molecule has 0 N–H and O–H groups in total. The number of thiazole rings is 1. The topological polar surface area (TPSA) is 84.5 Å². The second kappa shape index (κ2) is 6.64. The fourth-order valence-corrected chi connectivity index (χ4v) is 4.62. The highest BCUT2D eigenvalue weighted by atomic mass is 32.1. The van der Waals surface area contributed by atoms with Gasteiger partial charge in [0.1, 0.15) is 12.1 Å². The maximum absolute atomic E-state index is 12.4. The molecule has 1 saturated heterocycles. The molecule has 4 aromatic rings. The second-order valence-electron chi connectivity index (χ2n) is 7.05. The SMILES string of the molecule is Cc1csc2nc(CN3CCN(c4ncnc5c4cnn5C)CC3)cc(=O)n12. The van der Waals surface area contributed by atoms with Gasteiger partial charge in [-0.1, -0.05) is 0 Å². The maximum Gasteiger partial charge on any atom is 0.259 e. The summed E-state index contributed by atoms with van der Waals surface area (Å²) in [4.78, 5) is 31.2. The number of nitrogens with zero attached hydrogens (tertiary/aromatic N) is 8. The largest absolute Gasteiger partial charge is 0.353 e. The van der Waals surface area contributed by atoms with E-state index in [1.54, 1.807) is 21.5 Å². The van der Waals surface area contributed by atoms with Crippen LogP contribution in [0.5, 0.6) is 0 Å². The van der Waals surface area contributed by atoms with Crippen molar-refractivity contribution < 1.29 is 0 Å². The molecule has 0 unspecified atom stereocenters. The minimum atomic E-state index is -0.00246. The van der Waals surface area contributed by atoms with Crippen LogP contribution >= 0.6 is 11.3 Å². The highest BCUT2D eigenvalue weighted by Gasteiger charge is 2.21. The summed E-state index contributed by atoms with van der Waals surface area (Å²) in [5.74, 6) is 0.935. The molecule has 1 fully saturated rings. The van der Waals surface area contributed by atoms with Crippen LogP contribution in [-0.2, 0) is 13.6 Å². The number of hydrogen-bond acceptors (Lipinski definition) is 8. The Morgan fingerprint density at radius 2 is 2.00 bits per heavy atom. The monoisotopic (exact) mass is 396 g/mol. The van der Waals surface area contributed by atoms with Crippen LogP contribution in [0.25, 0.3) is 16.0 Å². The minimum Gasteiger partial charge on any atom is -0.353 e. The molecule has 28 heavy (non-hydrogen) atoms. The smallest absolute Gasteiger partial charge is 0.259 e. The van der Waals surface area contributed by atoms with E-state index in [1.165, 1.54) is 11.3 Å². The van der Waals surface area contributed by atoms with Crippen LogP contribution < -0.4 is 10.5 Å². The van der Waals surface area contributed by atoms with Crippen molar-refractivity contribution in [2.75, 3.05) is 31.1 Å². The lowest BCUT2D eigenvalue weighted by Crippen LogP contribution is -2.46. The van der Waals surface area contributed by atoms with Crippen molar-refractivity contribution >= 4 is 33.1 Å². The van der Waals surface area contributed by atoms with Crippen LogP contribution in [0.15, 0.2) is 28.8 Å². The molecule has 0 aliphatic carbocycles. The maximum atomic E-state index is 12.4. The van der Waals surface area contributed by atoms with Crippen LogP contribution in [0.1, 0.15) is 11.4 Å². The van der Waals surface area contributed by atoms with E-state index in [0.29, 0.717) is 6.54 Å². The number of aryl methyl sites for hydroxylation is 2. The Balaban J connectivity index is 1.31. The molecular formula is C18H20N8OS. The fourth-order valence-electron chi connectivity index (χ4n) is 3.73. The third-order valence-corrected chi connectivity index (χ3v) is 6.14. The Morgan fingerprint density at radius 1 is 1.18 bits per heavy atom. The first-order valence-electron chi connectivity index (χ1n) is 9.17. The van der Waals surface area contributed by atoms with Gasteiger partial charge in [-0.15, -0.1) is 11.3 Å². The lowest BCUT2D eigenvalue weighted by Gasteiger charge is -2.35. The van der Waals surface area contributed by atoms with Gasteiger partial charge in [0.05, 0.1) is 17.3 Å². The third kappa shape index (κ3) is 2.85. The summed E-state index contributed by atoms with van der Waals surface area (Å²) >= 11 is 1.51. The molecule has 0 saturated carbocycles. The fraction of sp³-hybridized carbons (Fsp3) is 0.389. The molecule has 144 valence electrons. The second-order valence-corrected chi connectivity index (χ2v) is 7.88. The molecule has 9 nitrogen and oxygen atoms in total. The van der Waals surface area contributed by atoms with Gasteiger partial charge in [-0.2, -0.15) is 5.10 Å². The summed E-state index contributed by atoms with van der Waals surface area (Å²) in [5.41, 5.74) is 2.61. The molecule has 0 spiro atoms.